The predicted molar refractivity (Wildman–Crippen MR) is 117 cm³/mol. The topological polar surface area (TPSA) is 69.9 Å². The van der Waals surface area contributed by atoms with Crippen molar-refractivity contribution in [2.75, 3.05) is 6.61 Å². The van der Waals surface area contributed by atoms with Gasteiger partial charge in [0.15, 0.2) is 6.29 Å². The predicted octanol–water partition coefficient (Wildman–Crippen LogP) is 4.30. The number of nitrogens with zero attached hydrogens (tertiary/aromatic N) is 1. The molecule has 2 aromatic rings. The molecule has 0 bridgehead atoms. The molecule has 4 rings (SSSR count). The van der Waals surface area contributed by atoms with Gasteiger partial charge in [-0.1, -0.05) is 6.07 Å². The van der Waals surface area contributed by atoms with Gasteiger partial charge in [0.1, 0.15) is 11.5 Å². The first kappa shape index (κ1) is 21.9. The Morgan fingerprint density at radius 1 is 1.03 bits per heavy atom. The summed E-state index contributed by atoms with van der Waals surface area (Å²) in [6.45, 7) is 9.26. The van der Waals surface area contributed by atoms with Crippen LogP contribution in [0.25, 0.3) is 0 Å². The summed E-state index contributed by atoms with van der Waals surface area (Å²) in [5.41, 5.74) is 1.59. The molecule has 0 radical (unpaired) electrons. The molecule has 0 aliphatic carbocycles. The van der Waals surface area contributed by atoms with E-state index < -0.39 is 18.3 Å². The Morgan fingerprint density at radius 2 is 1.71 bits per heavy atom. The van der Waals surface area contributed by atoms with E-state index >= 15 is 0 Å². The van der Waals surface area contributed by atoms with Gasteiger partial charge in [0, 0.05) is 13.0 Å². The number of benzene rings is 2. The van der Waals surface area contributed by atoms with Gasteiger partial charge in [0.25, 0.3) is 0 Å². The minimum atomic E-state index is -0.489. The smallest absolute Gasteiger partial charge is 0.457 e. The van der Waals surface area contributed by atoms with Crippen LogP contribution in [0, 0.1) is 11.3 Å². The zero-order chi connectivity index (χ0) is 22.1. The molecule has 7 heteroatoms. The quantitative estimate of drug-likeness (QED) is 0.648. The summed E-state index contributed by atoms with van der Waals surface area (Å²) in [7, 11) is -0.489. The van der Waals surface area contributed by atoms with E-state index in [4.69, 9.17) is 28.8 Å². The Bertz CT molecular complexity index is 945. The maximum atomic E-state index is 8.97. The Hall–Kier alpha value is -2.37. The number of rotatable bonds is 6. The molecule has 0 spiro atoms. The van der Waals surface area contributed by atoms with Gasteiger partial charge in [0.05, 0.1) is 29.4 Å². The maximum absolute atomic E-state index is 8.97. The molecule has 0 N–H and O–H groups in total. The second-order valence-electron chi connectivity index (χ2n) is 8.94. The Balaban J connectivity index is 1.58. The molecule has 31 heavy (non-hydrogen) atoms. The van der Waals surface area contributed by atoms with Crippen LogP contribution >= 0.6 is 0 Å². The second kappa shape index (κ2) is 8.64. The average molecular weight is 421 g/mol. The first-order chi connectivity index (χ1) is 14.8. The van der Waals surface area contributed by atoms with Gasteiger partial charge in [-0.15, -0.1) is 0 Å². The summed E-state index contributed by atoms with van der Waals surface area (Å²) in [5, 5.41) is 8.97. The number of ether oxygens (including phenoxy) is 3. The van der Waals surface area contributed by atoms with Crippen molar-refractivity contribution in [1.82, 2.24) is 0 Å². The molecule has 0 aromatic heterocycles. The zero-order valence-corrected chi connectivity index (χ0v) is 18.5. The summed E-state index contributed by atoms with van der Waals surface area (Å²) >= 11 is 0. The Labute approximate surface area is 184 Å². The zero-order valence-electron chi connectivity index (χ0n) is 18.5. The summed E-state index contributed by atoms with van der Waals surface area (Å²) in [6.07, 6.45) is 1.72. The fourth-order valence-electron chi connectivity index (χ4n) is 3.57. The third kappa shape index (κ3) is 4.78. The third-order valence-electron chi connectivity index (χ3n) is 6.15. The van der Waals surface area contributed by atoms with E-state index in [-0.39, 0.29) is 6.29 Å². The highest BCUT2D eigenvalue weighted by Crippen LogP contribution is 2.37. The van der Waals surface area contributed by atoms with Crippen molar-refractivity contribution in [3.63, 3.8) is 0 Å². The van der Waals surface area contributed by atoms with E-state index in [1.807, 2.05) is 45.9 Å². The van der Waals surface area contributed by atoms with Crippen molar-refractivity contribution < 1.29 is 23.5 Å². The molecule has 0 saturated carbocycles. The molecule has 1 atom stereocenters. The van der Waals surface area contributed by atoms with E-state index in [1.54, 1.807) is 24.3 Å². The molecule has 162 valence electrons. The normalized spacial score (nSPS) is 21.8. The van der Waals surface area contributed by atoms with E-state index in [9.17, 15) is 0 Å². The van der Waals surface area contributed by atoms with Crippen molar-refractivity contribution >= 4 is 12.6 Å². The Kier molecular flexibility index (Phi) is 6.09. The molecule has 2 aromatic carbocycles. The standard InChI is InChI=1S/C24H28BNO5/c1-23(2)24(3,4)31-25(30-23)21-12-11-20(29-19-9-7-17(15-26)8-10-19)14-18(21)16-28-22-6-5-13-27-22/h7-12,14,22H,5-6,13,16H2,1-4H3. The maximum Gasteiger partial charge on any atom is 0.495 e. The third-order valence-corrected chi connectivity index (χ3v) is 6.15. The number of nitriles is 1. The average Bonchev–Trinajstić information content (AvgIpc) is 3.32. The van der Waals surface area contributed by atoms with Crippen LogP contribution in [0.15, 0.2) is 42.5 Å². The lowest BCUT2D eigenvalue weighted by molar-refractivity contribution is -0.118. The lowest BCUT2D eigenvalue weighted by Gasteiger charge is -2.32. The lowest BCUT2D eigenvalue weighted by Crippen LogP contribution is -2.41. The van der Waals surface area contributed by atoms with E-state index in [2.05, 4.69) is 6.07 Å². The molecule has 2 saturated heterocycles. The second-order valence-corrected chi connectivity index (χ2v) is 8.94. The monoisotopic (exact) mass is 421 g/mol. The van der Waals surface area contributed by atoms with Crippen molar-refractivity contribution in [3.05, 3.63) is 53.6 Å². The first-order valence-corrected chi connectivity index (χ1v) is 10.7. The van der Waals surface area contributed by atoms with Crippen LogP contribution in [0.5, 0.6) is 11.5 Å². The minimum absolute atomic E-state index is 0.186. The van der Waals surface area contributed by atoms with Crippen molar-refractivity contribution in [3.8, 4) is 17.6 Å². The van der Waals surface area contributed by atoms with Crippen LogP contribution in [0.4, 0.5) is 0 Å². The lowest BCUT2D eigenvalue weighted by atomic mass is 9.76. The number of hydrogen-bond donors (Lipinski definition) is 0. The minimum Gasteiger partial charge on any atom is -0.457 e. The first-order valence-electron chi connectivity index (χ1n) is 10.7. The van der Waals surface area contributed by atoms with Crippen molar-refractivity contribution in [2.24, 2.45) is 0 Å². The molecule has 2 heterocycles. The van der Waals surface area contributed by atoms with Crippen molar-refractivity contribution in [1.29, 1.82) is 5.26 Å². The highest BCUT2D eigenvalue weighted by Gasteiger charge is 2.52. The SMILES string of the molecule is CC1(C)OB(c2ccc(Oc3ccc(C#N)cc3)cc2COC2CCCO2)OC1(C)C. The summed E-state index contributed by atoms with van der Waals surface area (Å²) in [6, 6.07) is 15.0. The summed E-state index contributed by atoms with van der Waals surface area (Å²) < 4.78 is 30.2. The van der Waals surface area contributed by atoms with Crippen molar-refractivity contribution in [2.45, 2.75) is 64.6 Å². The molecular weight excluding hydrogens is 393 g/mol. The van der Waals surface area contributed by atoms with Gasteiger partial charge in [-0.25, -0.2) is 0 Å². The fourth-order valence-corrected chi connectivity index (χ4v) is 3.57. The highest BCUT2D eigenvalue weighted by atomic mass is 16.7. The summed E-state index contributed by atoms with van der Waals surface area (Å²) in [5.74, 6) is 1.34. The molecule has 2 aliphatic heterocycles. The van der Waals surface area contributed by atoms with Crippen LogP contribution in [0.2, 0.25) is 0 Å². The molecule has 0 amide bonds. The van der Waals surface area contributed by atoms with E-state index in [0.29, 0.717) is 23.7 Å². The van der Waals surface area contributed by atoms with Gasteiger partial charge in [-0.3, -0.25) is 0 Å². The van der Waals surface area contributed by atoms with E-state index in [0.717, 1.165) is 30.5 Å². The molecular formula is C24H28BNO5. The Morgan fingerprint density at radius 3 is 2.32 bits per heavy atom. The molecule has 2 fully saturated rings. The summed E-state index contributed by atoms with van der Waals surface area (Å²) in [4.78, 5) is 0. The molecule has 1 unspecified atom stereocenters. The fraction of sp³-hybridized carbons (Fsp3) is 0.458. The molecule has 2 aliphatic rings. The van der Waals surface area contributed by atoms with E-state index in [1.165, 1.54) is 0 Å². The largest absolute Gasteiger partial charge is 0.495 e. The highest BCUT2D eigenvalue weighted by molar-refractivity contribution is 6.62. The van der Waals surface area contributed by atoms with Gasteiger partial charge >= 0.3 is 7.12 Å². The molecule has 6 nitrogen and oxygen atoms in total. The van der Waals surface area contributed by atoms with Gasteiger partial charge in [-0.2, -0.15) is 5.26 Å². The van der Waals surface area contributed by atoms with Gasteiger partial charge in [-0.05, 0) is 81.5 Å². The van der Waals surface area contributed by atoms with Crippen LogP contribution in [0.3, 0.4) is 0 Å². The number of hydrogen-bond acceptors (Lipinski definition) is 6. The van der Waals surface area contributed by atoms with Crippen LogP contribution in [-0.2, 0) is 25.4 Å². The van der Waals surface area contributed by atoms with Gasteiger partial charge in [0.2, 0.25) is 0 Å². The van der Waals surface area contributed by atoms with Gasteiger partial charge < -0.3 is 23.5 Å². The van der Waals surface area contributed by atoms with Crippen LogP contribution in [0.1, 0.15) is 51.7 Å². The van der Waals surface area contributed by atoms with Crippen LogP contribution in [-0.4, -0.2) is 31.2 Å². The van der Waals surface area contributed by atoms with Crippen LogP contribution < -0.4 is 10.2 Å².